The first-order valence-corrected chi connectivity index (χ1v) is 12.0. The van der Waals surface area contributed by atoms with Gasteiger partial charge in [-0.15, -0.1) is 0 Å². The molecule has 9 nitrogen and oxygen atoms in total. The van der Waals surface area contributed by atoms with Gasteiger partial charge in [-0.25, -0.2) is 17.9 Å². The van der Waals surface area contributed by atoms with Crippen LogP contribution in [0.3, 0.4) is 0 Å². The third-order valence-corrected chi connectivity index (χ3v) is 5.20. The van der Waals surface area contributed by atoms with Gasteiger partial charge in [-0.1, -0.05) is 42.2 Å². The van der Waals surface area contributed by atoms with E-state index in [1.807, 2.05) is 48.5 Å². The van der Waals surface area contributed by atoms with Gasteiger partial charge in [0.05, 0.1) is 25.0 Å². The maximum Gasteiger partial charge on any atom is 0.420 e. The third-order valence-electron chi connectivity index (χ3n) is 4.67. The number of anilines is 1. The van der Waals surface area contributed by atoms with E-state index in [1.54, 1.807) is 9.62 Å². The molecule has 0 bridgehead atoms. The number of rotatable bonds is 7. The number of carbonyl (C=O) groups is 3. The van der Waals surface area contributed by atoms with Gasteiger partial charge < -0.3 is 15.0 Å². The maximum atomic E-state index is 13.1. The van der Waals surface area contributed by atoms with E-state index in [0.717, 1.165) is 22.9 Å². The Kier molecular flexibility index (Phi) is 7.69. The van der Waals surface area contributed by atoms with Crippen molar-refractivity contribution in [2.24, 2.45) is 0 Å². The zero-order chi connectivity index (χ0) is 23.8. The molecule has 1 aliphatic rings. The number of nitrogens with one attached hydrogen (secondary N) is 2. The molecule has 0 unspecified atom stereocenters. The molecule has 3 rings (SSSR count). The number of carbonyl (C=O) groups excluding carboxylic acids is 3. The fourth-order valence-corrected chi connectivity index (χ4v) is 3.53. The van der Waals surface area contributed by atoms with Gasteiger partial charge >= 0.3 is 6.09 Å². The Morgan fingerprint density at radius 3 is 2.42 bits per heavy atom. The Labute approximate surface area is 192 Å². The quantitative estimate of drug-likeness (QED) is 0.468. The van der Waals surface area contributed by atoms with E-state index in [0.29, 0.717) is 12.2 Å². The Morgan fingerprint density at radius 2 is 1.67 bits per heavy atom. The lowest BCUT2D eigenvalue weighted by Gasteiger charge is -2.26. The fourth-order valence-electron chi connectivity index (χ4n) is 3.17. The molecule has 10 heteroatoms. The molecule has 2 N–H and O–H groups in total. The van der Waals surface area contributed by atoms with Gasteiger partial charge in [0.1, 0.15) is 6.61 Å². The molecule has 0 fully saturated rings. The van der Waals surface area contributed by atoms with E-state index in [2.05, 4.69) is 21.9 Å². The van der Waals surface area contributed by atoms with Crippen LogP contribution in [0.1, 0.15) is 29.5 Å². The van der Waals surface area contributed by atoms with Crippen molar-refractivity contribution < 1.29 is 27.5 Å². The van der Waals surface area contributed by atoms with Crippen LogP contribution in [0.4, 0.5) is 10.5 Å². The lowest BCUT2D eigenvalue weighted by molar-refractivity contribution is -0.125. The van der Waals surface area contributed by atoms with Crippen LogP contribution in [0.2, 0.25) is 0 Å². The molecule has 0 spiro atoms. The first-order chi connectivity index (χ1) is 15.7. The maximum absolute atomic E-state index is 13.1. The predicted octanol–water partition coefficient (Wildman–Crippen LogP) is 1.52. The lowest BCUT2D eigenvalue weighted by Crippen LogP contribution is -2.35. The second-order valence-electron chi connectivity index (χ2n) is 7.26. The van der Waals surface area contributed by atoms with Crippen LogP contribution in [0, 0.1) is 11.8 Å². The summed E-state index contributed by atoms with van der Waals surface area (Å²) in [5.41, 5.74) is 3.19. The normalized spacial score (nSPS) is 12.1. The minimum absolute atomic E-state index is 0.0142. The smallest absolute Gasteiger partial charge is 0.420 e. The number of amides is 3. The molecule has 2 aromatic carbocycles. The molecule has 0 radical (unpaired) electrons. The van der Waals surface area contributed by atoms with Crippen molar-refractivity contribution in [2.45, 2.75) is 19.4 Å². The molecule has 0 aromatic heterocycles. The molecule has 0 atom stereocenters. The van der Waals surface area contributed by atoms with Crippen LogP contribution in [0.15, 0.2) is 48.5 Å². The number of para-hydroxylation sites is 1. The molecule has 33 heavy (non-hydrogen) atoms. The Morgan fingerprint density at radius 1 is 1.00 bits per heavy atom. The van der Waals surface area contributed by atoms with Crippen LogP contribution in [-0.4, -0.2) is 45.7 Å². The highest BCUT2D eigenvalue weighted by molar-refractivity contribution is 7.89. The molecule has 1 aliphatic heterocycles. The molecule has 0 aliphatic carbocycles. The van der Waals surface area contributed by atoms with Crippen molar-refractivity contribution in [3.8, 4) is 11.8 Å². The van der Waals surface area contributed by atoms with Crippen LogP contribution < -0.4 is 14.9 Å². The minimum atomic E-state index is -3.71. The Hall–Kier alpha value is -3.84. The summed E-state index contributed by atoms with van der Waals surface area (Å²) in [5.74, 6) is 5.66. The van der Waals surface area contributed by atoms with Crippen LogP contribution >= 0.6 is 0 Å². The van der Waals surface area contributed by atoms with Crippen LogP contribution in [0.5, 0.6) is 0 Å². The zero-order valence-electron chi connectivity index (χ0n) is 18.0. The monoisotopic (exact) mass is 469 g/mol. The summed E-state index contributed by atoms with van der Waals surface area (Å²) < 4.78 is 28.1. The number of benzene rings is 2. The topological polar surface area (TPSA) is 122 Å². The number of fused-ring (bicyclic) bond motifs is 2. The van der Waals surface area contributed by atoms with Gasteiger partial charge in [0.15, 0.2) is 0 Å². The number of sulfonamides is 1. The molecule has 2 aromatic rings. The summed E-state index contributed by atoms with van der Waals surface area (Å²) in [7, 11) is -3.71. The van der Waals surface area contributed by atoms with Crippen molar-refractivity contribution in [3.05, 3.63) is 65.2 Å². The summed E-state index contributed by atoms with van der Waals surface area (Å²) in [6, 6.07) is 15.0. The predicted molar refractivity (Wildman–Crippen MR) is 122 cm³/mol. The molecule has 172 valence electrons. The van der Waals surface area contributed by atoms with E-state index in [-0.39, 0.29) is 31.9 Å². The van der Waals surface area contributed by atoms with E-state index < -0.39 is 22.0 Å². The van der Waals surface area contributed by atoms with Gasteiger partial charge in [-0.3, -0.25) is 9.59 Å². The minimum Gasteiger partial charge on any atom is -0.447 e. The van der Waals surface area contributed by atoms with Crippen LogP contribution in [0.25, 0.3) is 0 Å². The van der Waals surface area contributed by atoms with Crippen LogP contribution in [-0.2, 0) is 30.9 Å². The van der Waals surface area contributed by atoms with Crippen molar-refractivity contribution >= 4 is 33.6 Å². The van der Waals surface area contributed by atoms with Gasteiger partial charge in [0.25, 0.3) is 0 Å². The van der Waals surface area contributed by atoms with E-state index >= 15 is 0 Å². The molecule has 0 saturated heterocycles. The zero-order valence-corrected chi connectivity index (χ0v) is 18.8. The highest BCUT2D eigenvalue weighted by atomic mass is 32.2. The van der Waals surface area contributed by atoms with Gasteiger partial charge in [-0.2, -0.15) is 0 Å². The summed E-state index contributed by atoms with van der Waals surface area (Å²) >= 11 is 0. The third kappa shape index (κ3) is 7.08. The second-order valence-corrected chi connectivity index (χ2v) is 9.01. The summed E-state index contributed by atoms with van der Waals surface area (Å²) in [6.45, 7) is 0.112. The van der Waals surface area contributed by atoms with Crippen molar-refractivity contribution in [3.63, 3.8) is 0 Å². The first kappa shape index (κ1) is 23.8. The van der Waals surface area contributed by atoms with Crippen molar-refractivity contribution in [1.82, 2.24) is 10.0 Å². The second kappa shape index (κ2) is 10.7. The molecule has 0 saturated carbocycles. The SMILES string of the molecule is CS(=O)(=O)NC(=O)OCCNC(=O)CCC(=O)N1Cc2ccccc2C#Cc2ccccc21. The summed E-state index contributed by atoms with van der Waals surface area (Å²) in [5, 5.41) is 2.53. The summed E-state index contributed by atoms with van der Waals surface area (Å²) in [6.07, 6.45) is -0.380. The Bertz CT molecular complexity index is 1230. The van der Waals surface area contributed by atoms with Gasteiger partial charge in [0.2, 0.25) is 21.8 Å². The molecular weight excluding hydrogens is 446 g/mol. The first-order valence-electron chi connectivity index (χ1n) is 10.1. The highest BCUT2D eigenvalue weighted by Gasteiger charge is 2.21. The summed E-state index contributed by atoms with van der Waals surface area (Å²) in [4.78, 5) is 38.1. The highest BCUT2D eigenvalue weighted by Crippen LogP contribution is 2.26. The number of nitrogens with zero attached hydrogens (tertiary/aromatic N) is 1. The van der Waals surface area contributed by atoms with Gasteiger partial charge in [0, 0.05) is 24.0 Å². The fraction of sp³-hybridized carbons (Fsp3) is 0.261. The largest absolute Gasteiger partial charge is 0.447 e. The van der Waals surface area contributed by atoms with Crippen molar-refractivity contribution in [2.75, 3.05) is 24.3 Å². The lowest BCUT2D eigenvalue weighted by atomic mass is 10.0. The molecule has 3 amide bonds. The molecule has 1 heterocycles. The van der Waals surface area contributed by atoms with E-state index in [9.17, 15) is 22.8 Å². The number of hydrogen-bond acceptors (Lipinski definition) is 6. The standard InChI is InChI=1S/C23H23N3O6S/c1-33(30,31)25-23(29)32-15-14-24-21(27)12-13-22(28)26-16-19-8-3-2-6-17(19)10-11-18-7-4-5-9-20(18)26/h2-9H,12-16H2,1H3,(H,24,27)(H,25,29). The average Bonchev–Trinajstić information content (AvgIpc) is 2.75. The van der Waals surface area contributed by atoms with Crippen molar-refractivity contribution in [1.29, 1.82) is 0 Å². The molecular formula is C23H23N3O6S. The van der Waals surface area contributed by atoms with Gasteiger partial charge in [-0.05, 0) is 23.8 Å². The average molecular weight is 470 g/mol. The Balaban J connectivity index is 1.56. The van der Waals surface area contributed by atoms with E-state index in [4.69, 9.17) is 0 Å². The number of hydrogen-bond donors (Lipinski definition) is 2. The van der Waals surface area contributed by atoms with E-state index in [1.165, 1.54) is 0 Å². The number of ether oxygens (including phenoxy) is 1.